The maximum absolute atomic E-state index is 13.0. The Bertz CT molecular complexity index is 1080. The molecule has 0 aromatic heterocycles. The minimum Gasteiger partial charge on any atom is -0.493 e. The molecule has 0 bridgehead atoms. The first kappa shape index (κ1) is 20.6. The van der Waals surface area contributed by atoms with Crippen LogP contribution in [0.2, 0.25) is 0 Å². The van der Waals surface area contributed by atoms with Gasteiger partial charge in [-0.2, -0.15) is 0 Å². The van der Waals surface area contributed by atoms with E-state index in [1.165, 1.54) is 56.7 Å². The lowest BCUT2D eigenvalue weighted by Gasteiger charge is -2.12. The smallest absolute Gasteiger partial charge is 0.241 e. The lowest BCUT2D eigenvalue weighted by atomic mass is 10.2. The van der Waals surface area contributed by atoms with Crippen molar-refractivity contribution in [2.45, 2.75) is 11.4 Å². The van der Waals surface area contributed by atoms with E-state index in [1.807, 2.05) is 0 Å². The lowest BCUT2D eigenvalue weighted by Crippen LogP contribution is -2.23. The monoisotopic (exact) mass is 417 g/mol. The van der Waals surface area contributed by atoms with Gasteiger partial charge in [-0.15, -0.1) is 0 Å². The zero-order valence-corrected chi connectivity index (χ0v) is 16.7. The Labute approximate surface area is 168 Å². The number of benzene rings is 3. The zero-order chi connectivity index (χ0) is 20.9. The predicted molar refractivity (Wildman–Crippen MR) is 106 cm³/mol. The van der Waals surface area contributed by atoms with Crippen molar-refractivity contribution in [3.05, 3.63) is 78.1 Å². The van der Waals surface area contributed by atoms with Gasteiger partial charge in [0, 0.05) is 12.6 Å². The van der Waals surface area contributed by atoms with Crippen LogP contribution >= 0.6 is 0 Å². The molecule has 0 saturated carbocycles. The summed E-state index contributed by atoms with van der Waals surface area (Å²) in [6.45, 7) is 0.0668. The molecule has 0 heterocycles. The molecule has 0 saturated heterocycles. The van der Waals surface area contributed by atoms with Crippen LogP contribution in [0, 0.1) is 5.82 Å². The van der Waals surface area contributed by atoms with Crippen LogP contribution in [0.1, 0.15) is 5.56 Å². The first-order valence-corrected chi connectivity index (χ1v) is 10.1. The van der Waals surface area contributed by atoms with Gasteiger partial charge in [-0.25, -0.2) is 17.5 Å². The van der Waals surface area contributed by atoms with Gasteiger partial charge in [0.05, 0.1) is 19.1 Å². The average molecular weight is 417 g/mol. The van der Waals surface area contributed by atoms with E-state index >= 15 is 0 Å². The van der Waals surface area contributed by atoms with E-state index in [-0.39, 0.29) is 17.3 Å². The summed E-state index contributed by atoms with van der Waals surface area (Å²) < 4.78 is 56.7. The van der Waals surface area contributed by atoms with Gasteiger partial charge in [-0.05, 0) is 54.1 Å². The molecule has 1 N–H and O–H groups in total. The van der Waals surface area contributed by atoms with Crippen LogP contribution in [0.3, 0.4) is 0 Å². The van der Waals surface area contributed by atoms with E-state index in [0.717, 1.165) is 0 Å². The van der Waals surface area contributed by atoms with Crippen LogP contribution in [0.25, 0.3) is 0 Å². The number of hydrogen-bond donors (Lipinski definition) is 1. The van der Waals surface area contributed by atoms with Crippen molar-refractivity contribution in [1.29, 1.82) is 0 Å². The van der Waals surface area contributed by atoms with E-state index in [0.29, 0.717) is 28.6 Å². The first-order chi connectivity index (χ1) is 13.9. The summed E-state index contributed by atoms with van der Waals surface area (Å²) in [7, 11) is -0.844. The Morgan fingerprint density at radius 3 is 2.28 bits per heavy atom. The largest absolute Gasteiger partial charge is 0.493 e. The summed E-state index contributed by atoms with van der Waals surface area (Å²) in [6, 6.07) is 17.0. The normalized spacial score (nSPS) is 11.1. The second-order valence-electron chi connectivity index (χ2n) is 6.04. The third-order valence-corrected chi connectivity index (χ3v) is 5.48. The second kappa shape index (κ2) is 8.93. The van der Waals surface area contributed by atoms with Crippen molar-refractivity contribution < 1.29 is 27.0 Å². The third kappa shape index (κ3) is 5.24. The van der Waals surface area contributed by atoms with Crippen molar-refractivity contribution in [2.24, 2.45) is 0 Å². The van der Waals surface area contributed by atoms with Crippen LogP contribution in [0.5, 0.6) is 23.0 Å². The molecule has 3 rings (SSSR count). The van der Waals surface area contributed by atoms with Gasteiger partial charge in [0.1, 0.15) is 17.3 Å². The van der Waals surface area contributed by atoms with Crippen molar-refractivity contribution in [1.82, 2.24) is 4.72 Å². The fourth-order valence-electron chi connectivity index (χ4n) is 2.60. The maximum Gasteiger partial charge on any atom is 0.241 e. The molecule has 0 radical (unpaired) electrons. The number of rotatable bonds is 8. The van der Waals surface area contributed by atoms with E-state index < -0.39 is 10.0 Å². The third-order valence-electron chi connectivity index (χ3n) is 4.08. The van der Waals surface area contributed by atoms with Crippen LogP contribution in [-0.2, 0) is 16.6 Å². The summed E-state index contributed by atoms with van der Waals surface area (Å²) in [5, 5.41) is 0. The molecule has 0 fully saturated rings. The Morgan fingerprint density at radius 1 is 0.862 bits per heavy atom. The minimum absolute atomic E-state index is 0.0638. The molecule has 0 atom stereocenters. The van der Waals surface area contributed by atoms with Crippen LogP contribution in [0.4, 0.5) is 4.39 Å². The molecular weight excluding hydrogens is 397 g/mol. The molecule has 152 valence electrons. The van der Waals surface area contributed by atoms with Crippen LogP contribution < -0.4 is 18.9 Å². The quantitative estimate of drug-likeness (QED) is 0.597. The van der Waals surface area contributed by atoms with E-state index in [2.05, 4.69) is 4.72 Å². The highest BCUT2D eigenvalue weighted by atomic mass is 32.2. The number of hydrogen-bond acceptors (Lipinski definition) is 5. The van der Waals surface area contributed by atoms with Gasteiger partial charge in [-0.1, -0.05) is 12.1 Å². The molecule has 8 heteroatoms. The number of ether oxygens (including phenoxy) is 3. The Hall–Kier alpha value is -3.10. The maximum atomic E-state index is 13.0. The molecule has 0 unspecified atom stereocenters. The van der Waals surface area contributed by atoms with E-state index in [9.17, 15) is 12.8 Å². The van der Waals surface area contributed by atoms with Gasteiger partial charge in [0.15, 0.2) is 11.5 Å². The van der Waals surface area contributed by atoms with Crippen LogP contribution in [0.15, 0.2) is 71.6 Å². The van der Waals surface area contributed by atoms with Crippen molar-refractivity contribution in [3.63, 3.8) is 0 Å². The van der Waals surface area contributed by atoms with Gasteiger partial charge in [-0.3, -0.25) is 0 Å². The number of methoxy groups -OCH3 is 2. The van der Waals surface area contributed by atoms with Gasteiger partial charge < -0.3 is 14.2 Å². The Kier molecular flexibility index (Phi) is 6.36. The summed E-state index contributed by atoms with van der Waals surface area (Å²) in [6.07, 6.45) is 0. The highest BCUT2D eigenvalue weighted by Gasteiger charge is 2.17. The highest BCUT2D eigenvalue weighted by Crippen LogP contribution is 2.29. The molecule has 0 aliphatic heterocycles. The molecule has 6 nitrogen and oxygen atoms in total. The van der Waals surface area contributed by atoms with Crippen molar-refractivity contribution in [3.8, 4) is 23.0 Å². The summed E-state index contributed by atoms with van der Waals surface area (Å²) in [5.74, 6) is 1.41. The average Bonchev–Trinajstić information content (AvgIpc) is 2.74. The molecule has 3 aromatic rings. The molecule has 29 heavy (non-hydrogen) atoms. The molecule has 0 spiro atoms. The van der Waals surface area contributed by atoms with Gasteiger partial charge in [0.25, 0.3) is 0 Å². The Morgan fingerprint density at radius 2 is 1.59 bits per heavy atom. The summed E-state index contributed by atoms with van der Waals surface area (Å²) in [5.41, 5.74) is 0.702. The van der Waals surface area contributed by atoms with Gasteiger partial charge >= 0.3 is 0 Å². The zero-order valence-electron chi connectivity index (χ0n) is 15.9. The highest BCUT2D eigenvalue weighted by molar-refractivity contribution is 7.89. The number of nitrogens with one attached hydrogen (secondary N) is 1. The molecule has 0 aliphatic carbocycles. The fraction of sp³-hybridized carbons (Fsp3) is 0.143. The molecule has 3 aromatic carbocycles. The molecule has 0 aliphatic rings. The first-order valence-electron chi connectivity index (χ1n) is 8.65. The Balaban J connectivity index is 1.71. The van der Waals surface area contributed by atoms with E-state index in [1.54, 1.807) is 24.3 Å². The van der Waals surface area contributed by atoms with Crippen LogP contribution in [-0.4, -0.2) is 22.6 Å². The summed E-state index contributed by atoms with van der Waals surface area (Å²) >= 11 is 0. The fourth-order valence-corrected chi connectivity index (χ4v) is 3.64. The minimum atomic E-state index is -3.76. The van der Waals surface area contributed by atoms with E-state index in [4.69, 9.17) is 14.2 Å². The SMILES string of the molecule is COc1ccc(S(=O)(=O)NCc2cccc(Oc3ccc(F)cc3)c2)cc1OC. The molecule has 0 amide bonds. The predicted octanol–water partition coefficient (Wildman–Crippen LogP) is 4.11. The van der Waals surface area contributed by atoms with Gasteiger partial charge in [0.2, 0.25) is 10.0 Å². The topological polar surface area (TPSA) is 73.9 Å². The van der Waals surface area contributed by atoms with Crippen molar-refractivity contribution in [2.75, 3.05) is 14.2 Å². The molecular formula is C21H20FNO5S. The standard InChI is InChI=1S/C21H20FNO5S/c1-26-20-11-10-19(13-21(20)27-2)29(24,25)23-14-15-4-3-5-18(12-15)28-17-8-6-16(22)7-9-17/h3-13,23H,14H2,1-2H3. The summed E-state index contributed by atoms with van der Waals surface area (Å²) in [4.78, 5) is 0.0638. The second-order valence-corrected chi connectivity index (χ2v) is 7.81. The van der Waals surface area contributed by atoms with Crippen molar-refractivity contribution >= 4 is 10.0 Å². The number of sulfonamides is 1. The lowest BCUT2D eigenvalue weighted by molar-refractivity contribution is 0.354. The number of halogens is 1.